The first kappa shape index (κ1) is 11.6. The van der Waals surface area contributed by atoms with Crippen molar-refractivity contribution in [3.63, 3.8) is 0 Å². The monoisotopic (exact) mass is 253 g/mol. The van der Waals surface area contributed by atoms with Gasteiger partial charge in [0.05, 0.1) is 17.1 Å². The quantitative estimate of drug-likeness (QED) is 0.798. The highest BCUT2D eigenvalue weighted by Crippen LogP contribution is 2.20. The molecule has 0 unspecified atom stereocenters. The summed E-state index contributed by atoms with van der Waals surface area (Å²) in [4.78, 5) is 10.5. The molecule has 2 aromatic heterocycles. The van der Waals surface area contributed by atoms with Gasteiger partial charge in [-0.25, -0.2) is 0 Å². The van der Waals surface area contributed by atoms with Crippen molar-refractivity contribution in [3.05, 3.63) is 18.2 Å². The zero-order valence-electron chi connectivity index (χ0n) is 9.36. The molecule has 0 aromatic carbocycles. The Hall–Kier alpha value is -1.83. The number of carboxylic acid groups (broad SMARTS) is 1. The van der Waals surface area contributed by atoms with Crippen LogP contribution < -0.4 is 0 Å². The van der Waals surface area contributed by atoms with Crippen LogP contribution in [-0.2, 0) is 11.8 Å². The van der Waals surface area contributed by atoms with Crippen LogP contribution >= 0.6 is 11.8 Å². The van der Waals surface area contributed by atoms with Crippen molar-refractivity contribution in [1.29, 1.82) is 0 Å². The third-order valence-corrected chi connectivity index (χ3v) is 3.02. The van der Waals surface area contributed by atoms with Crippen LogP contribution in [-0.4, -0.2) is 41.4 Å². The molecule has 0 aliphatic carbocycles. The molecular weight excluding hydrogens is 242 g/mol. The zero-order chi connectivity index (χ0) is 12.4. The predicted octanol–water partition coefficient (Wildman–Crippen LogP) is 0.486. The Balaban J connectivity index is 2.30. The maximum Gasteiger partial charge on any atom is 0.313 e. The summed E-state index contributed by atoms with van der Waals surface area (Å²) in [6.45, 7) is 1.88. The molecule has 0 aliphatic rings. The molecule has 0 amide bonds. The van der Waals surface area contributed by atoms with Crippen LogP contribution in [0.2, 0.25) is 0 Å². The highest BCUT2D eigenvalue weighted by molar-refractivity contribution is 7.99. The number of nitrogens with zero attached hydrogens (tertiary/aromatic N) is 5. The van der Waals surface area contributed by atoms with Gasteiger partial charge in [-0.2, -0.15) is 5.10 Å². The van der Waals surface area contributed by atoms with E-state index in [0.717, 1.165) is 23.1 Å². The van der Waals surface area contributed by atoms with Gasteiger partial charge in [0.1, 0.15) is 6.33 Å². The molecule has 0 spiro atoms. The number of hydrogen-bond donors (Lipinski definition) is 1. The fourth-order valence-corrected chi connectivity index (χ4v) is 2.08. The van der Waals surface area contributed by atoms with E-state index >= 15 is 0 Å². The summed E-state index contributed by atoms with van der Waals surface area (Å²) in [7, 11) is 1.82. The maximum atomic E-state index is 10.5. The predicted molar refractivity (Wildman–Crippen MR) is 61.2 cm³/mol. The van der Waals surface area contributed by atoms with Gasteiger partial charge in [0, 0.05) is 13.2 Å². The van der Waals surface area contributed by atoms with Crippen molar-refractivity contribution >= 4 is 17.7 Å². The highest BCUT2D eigenvalue weighted by Gasteiger charge is 2.12. The van der Waals surface area contributed by atoms with E-state index in [4.69, 9.17) is 5.11 Å². The minimum Gasteiger partial charge on any atom is -0.481 e. The Labute approximate surface area is 101 Å². The lowest BCUT2D eigenvalue weighted by Crippen LogP contribution is -2.01. The first-order valence-corrected chi connectivity index (χ1v) is 5.81. The third-order valence-electron chi connectivity index (χ3n) is 2.09. The lowest BCUT2D eigenvalue weighted by Gasteiger charge is -2.02. The summed E-state index contributed by atoms with van der Waals surface area (Å²) in [6.07, 6.45) is 3.39. The molecule has 17 heavy (non-hydrogen) atoms. The minimum absolute atomic E-state index is 0.0436. The van der Waals surface area contributed by atoms with E-state index in [-0.39, 0.29) is 5.75 Å². The number of carboxylic acids is 1. The van der Waals surface area contributed by atoms with Gasteiger partial charge in [-0.05, 0) is 6.92 Å². The number of aromatic nitrogens is 5. The molecular formula is C9H11N5O2S. The minimum atomic E-state index is -0.882. The number of rotatable bonds is 4. The van der Waals surface area contributed by atoms with Gasteiger partial charge in [-0.3, -0.25) is 14.0 Å². The second-order valence-electron chi connectivity index (χ2n) is 3.44. The zero-order valence-corrected chi connectivity index (χ0v) is 10.2. The Bertz CT molecular complexity index is 547. The number of carbonyl (C=O) groups is 1. The molecule has 0 fully saturated rings. The lowest BCUT2D eigenvalue weighted by molar-refractivity contribution is -0.133. The van der Waals surface area contributed by atoms with E-state index in [1.54, 1.807) is 15.6 Å². The summed E-state index contributed by atoms with van der Waals surface area (Å²) in [6, 6.07) is 0. The molecule has 0 atom stereocenters. The Morgan fingerprint density at radius 2 is 2.35 bits per heavy atom. The van der Waals surface area contributed by atoms with E-state index in [0.29, 0.717) is 5.16 Å². The molecule has 90 valence electrons. The molecule has 0 aliphatic heterocycles. The molecule has 7 nitrogen and oxygen atoms in total. The summed E-state index contributed by atoms with van der Waals surface area (Å²) in [5.41, 5.74) is 1.69. The van der Waals surface area contributed by atoms with E-state index in [1.165, 1.54) is 0 Å². The third kappa shape index (κ3) is 2.47. The maximum absolute atomic E-state index is 10.5. The lowest BCUT2D eigenvalue weighted by atomic mass is 10.4. The van der Waals surface area contributed by atoms with E-state index in [9.17, 15) is 4.79 Å². The van der Waals surface area contributed by atoms with Gasteiger partial charge in [-0.1, -0.05) is 11.8 Å². The largest absolute Gasteiger partial charge is 0.481 e. The van der Waals surface area contributed by atoms with Crippen LogP contribution in [0.15, 0.2) is 17.7 Å². The van der Waals surface area contributed by atoms with E-state index in [1.807, 2.05) is 20.2 Å². The number of aryl methyl sites for hydroxylation is 2. The van der Waals surface area contributed by atoms with Crippen molar-refractivity contribution in [1.82, 2.24) is 24.5 Å². The molecule has 0 saturated carbocycles. The molecule has 2 heterocycles. The summed E-state index contributed by atoms with van der Waals surface area (Å²) >= 11 is 1.13. The smallest absolute Gasteiger partial charge is 0.313 e. The molecule has 0 saturated heterocycles. The average Bonchev–Trinajstić information content (AvgIpc) is 2.81. The van der Waals surface area contributed by atoms with Crippen LogP contribution in [0.25, 0.3) is 5.69 Å². The second-order valence-corrected chi connectivity index (χ2v) is 4.38. The molecule has 2 rings (SSSR count). The molecule has 2 aromatic rings. The van der Waals surface area contributed by atoms with Crippen molar-refractivity contribution < 1.29 is 9.90 Å². The Kier molecular flexibility index (Phi) is 3.14. The second kappa shape index (κ2) is 4.58. The van der Waals surface area contributed by atoms with Crippen LogP contribution in [0.4, 0.5) is 0 Å². The van der Waals surface area contributed by atoms with Crippen molar-refractivity contribution in [2.45, 2.75) is 12.1 Å². The number of hydrogen-bond acceptors (Lipinski definition) is 5. The number of thioether (sulfide) groups is 1. The van der Waals surface area contributed by atoms with Crippen molar-refractivity contribution in [2.75, 3.05) is 5.75 Å². The number of aliphatic carboxylic acids is 1. The van der Waals surface area contributed by atoms with Crippen molar-refractivity contribution in [2.24, 2.45) is 7.05 Å². The first-order chi connectivity index (χ1) is 8.08. The topological polar surface area (TPSA) is 85.8 Å². The molecule has 1 N–H and O–H groups in total. The fraction of sp³-hybridized carbons (Fsp3) is 0.333. The van der Waals surface area contributed by atoms with Crippen LogP contribution in [0, 0.1) is 6.92 Å². The van der Waals surface area contributed by atoms with Crippen LogP contribution in [0.5, 0.6) is 0 Å². The van der Waals surface area contributed by atoms with E-state index < -0.39 is 5.97 Å². The van der Waals surface area contributed by atoms with Gasteiger partial charge >= 0.3 is 5.97 Å². The van der Waals surface area contributed by atoms with Gasteiger partial charge in [-0.15, -0.1) is 10.2 Å². The highest BCUT2D eigenvalue weighted by atomic mass is 32.2. The first-order valence-electron chi connectivity index (χ1n) is 4.83. The SMILES string of the molecule is Cc1nn(C)cc1-n1cnnc1SCC(=O)O. The van der Waals surface area contributed by atoms with Crippen LogP contribution in [0.1, 0.15) is 5.69 Å². The summed E-state index contributed by atoms with van der Waals surface area (Å²) < 4.78 is 3.42. The van der Waals surface area contributed by atoms with E-state index in [2.05, 4.69) is 15.3 Å². The standard InChI is InChI=1S/C9H11N5O2S/c1-6-7(3-13(2)12-6)14-5-10-11-9(14)17-4-8(15)16/h3,5H,4H2,1-2H3,(H,15,16). The van der Waals surface area contributed by atoms with Crippen LogP contribution in [0.3, 0.4) is 0 Å². The Morgan fingerprint density at radius 1 is 1.59 bits per heavy atom. The average molecular weight is 253 g/mol. The molecule has 8 heteroatoms. The fourth-order valence-electron chi connectivity index (χ4n) is 1.44. The van der Waals surface area contributed by atoms with Crippen molar-refractivity contribution in [3.8, 4) is 5.69 Å². The summed E-state index contributed by atoms with van der Waals surface area (Å²) in [5, 5.41) is 21.1. The van der Waals surface area contributed by atoms with Gasteiger partial charge < -0.3 is 5.11 Å². The summed E-state index contributed by atoms with van der Waals surface area (Å²) in [5.74, 6) is -0.926. The van der Waals surface area contributed by atoms with Gasteiger partial charge in [0.15, 0.2) is 5.16 Å². The van der Waals surface area contributed by atoms with Gasteiger partial charge in [0.25, 0.3) is 0 Å². The van der Waals surface area contributed by atoms with Gasteiger partial charge in [0.2, 0.25) is 0 Å². The Morgan fingerprint density at radius 3 is 2.94 bits per heavy atom. The molecule has 0 radical (unpaired) electrons. The normalized spacial score (nSPS) is 10.7. The molecule has 0 bridgehead atoms.